The molecule has 1 unspecified atom stereocenters. The van der Waals surface area contributed by atoms with E-state index in [9.17, 15) is 14.7 Å². The zero-order chi connectivity index (χ0) is 23.8. The number of benzene rings is 2. The number of carbonyl (C=O) groups is 2. The molecule has 2 N–H and O–H groups in total. The van der Waals surface area contributed by atoms with Gasteiger partial charge in [0.15, 0.2) is 0 Å². The van der Waals surface area contributed by atoms with Crippen molar-refractivity contribution in [3.8, 4) is 11.1 Å². The lowest BCUT2D eigenvalue weighted by Crippen LogP contribution is -2.41. The minimum absolute atomic E-state index is 0.353. The summed E-state index contributed by atoms with van der Waals surface area (Å²) < 4.78 is 11.3. The summed E-state index contributed by atoms with van der Waals surface area (Å²) >= 11 is 1.55. The quantitative estimate of drug-likeness (QED) is 0.402. The summed E-state index contributed by atoms with van der Waals surface area (Å²) in [7, 11) is 0. The van der Waals surface area contributed by atoms with Crippen molar-refractivity contribution >= 4 is 23.6 Å². The van der Waals surface area contributed by atoms with Crippen molar-refractivity contribution in [2.24, 2.45) is 0 Å². The second-order valence-electron chi connectivity index (χ2n) is 7.85. The Kier molecular flexibility index (Phi) is 8.74. The number of carboxylic acid groups (broad SMARTS) is 1. The van der Waals surface area contributed by atoms with Gasteiger partial charge in [0.2, 0.25) is 0 Å². The molecule has 0 aliphatic carbocycles. The number of carbonyl (C=O) groups excluding carboxylic acids is 1. The standard InChI is InChI=1S/C26H29NO5S/c1-17-6-4-5-7-21(17)23-14-19(15-31-16-20-10-8-18(2)32-20)9-11-22(23)25(28)27-24(26(29)30)12-13-33-3/h4-11,14,24H,12-13,15-16H2,1-3H3,(H,27,28)(H,29,30). The van der Waals surface area contributed by atoms with Gasteiger partial charge < -0.3 is 19.6 Å². The van der Waals surface area contributed by atoms with Gasteiger partial charge in [-0.3, -0.25) is 4.79 Å². The van der Waals surface area contributed by atoms with Gasteiger partial charge in [-0.2, -0.15) is 11.8 Å². The van der Waals surface area contributed by atoms with Crippen molar-refractivity contribution < 1.29 is 23.8 Å². The fourth-order valence-corrected chi connectivity index (χ4v) is 4.01. The van der Waals surface area contributed by atoms with Crippen LogP contribution in [0.3, 0.4) is 0 Å². The van der Waals surface area contributed by atoms with Gasteiger partial charge in [0.1, 0.15) is 24.2 Å². The Balaban J connectivity index is 1.85. The lowest BCUT2D eigenvalue weighted by molar-refractivity contribution is -0.139. The van der Waals surface area contributed by atoms with Gasteiger partial charge in [0.05, 0.1) is 6.61 Å². The number of thioether (sulfide) groups is 1. The van der Waals surface area contributed by atoms with E-state index in [0.29, 0.717) is 31.0 Å². The van der Waals surface area contributed by atoms with Crippen LogP contribution in [0.2, 0.25) is 0 Å². The fourth-order valence-electron chi connectivity index (χ4n) is 3.54. The van der Waals surface area contributed by atoms with Crippen LogP contribution >= 0.6 is 11.8 Å². The molecule has 0 radical (unpaired) electrons. The van der Waals surface area contributed by atoms with Gasteiger partial charge in [-0.1, -0.05) is 30.3 Å². The van der Waals surface area contributed by atoms with Crippen molar-refractivity contribution in [1.29, 1.82) is 0 Å². The lowest BCUT2D eigenvalue weighted by Gasteiger charge is -2.17. The average Bonchev–Trinajstić information content (AvgIpc) is 3.21. The molecule has 1 aromatic heterocycles. The molecule has 0 spiro atoms. The predicted octanol–water partition coefficient (Wildman–Crippen LogP) is 5.22. The third-order valence-corrected chi connectivity index (χ3v) is 5.93. The number of carboxylic acids is 1. The Morgan fingerprint density at radius 1 is 1.06 bits per heavy atom. The maximum Gasteiger partial charge on any atom is 0.326 e. The number of hydrogen-bond acceptors (Lipinski definition) is 5. The third kappa shape index (κ3) is 6.73. The molecule has 0 saturated carbocycles. The summed E-state index contributed by atoms with van der Waals surface area (Å²) in [6.07, 6.45) is 2.27. The summed E-state index contributed by atoms with van der Waals surface area (Å²) in [6.45, 7) is 4.58. The van der Waals surface area contributed by atoms with E-state index in [-0.39, 0.29) is 0 Å². The summed E-state index contributed by atoms with van der Waals surface area (Å²) in [5.41, 5.74) is 4.03. The first-order chi connectivity index (χ1) is 15.9. The molecule has 6 nitrogen and oxygen atoms in total. The molecule has 2 aromatic carbocycles. The van der Waals surface area contributed by atoms with E-state index in [1.165, 1.54) is 0 Å². The first-order valence-corrected chi connectivity index (χ1v) is 12.1. The Morgan fingerprint density at radius 3 is 2.52 bits per heavy atom. The molecular weight excluding hydrogens is 438 g/mol. The van der Waals surface area contributed by atoms with Crippen molar-refractivity contribution in [2.45, 2.75) is 39.5 Å². The monoisotopic (exact) mass is 467 g/mol. The molecule has 3 aromatic rings. The minimum atomic E-state index is -1.03. The molecule has 0 aliphatic heterocycles. The first-order valence-electron chi connectivity index (χ1n) is 10.7. The minimum Gasteiger partial charge on any atom is -0.480 e. The number of furan rings is 1. The van der Waals surface area contributed by atoms with E-state index < -0.39 is 17.9 Å². The lowest BCUT2D eigenvalue weighted by atomic mass is 9.93. The number of ether oxygens (including phenoxy) is 1. The van der Waals surface area contributed by atoms with Crippen LogP contribution in [0.15, 0.2) is 59.0 Å². The van der Waals surface area contributed by atoms with Crippen LogP contribution in [0.4, 0.5) is 0 Å². The Hall–Kier alpha value is -3.03. The molecule has 1 heterocycles. The maximum absolute atomic E-state index is 13.1. The largest absolute Gasteiger partial charge is 0.480 e. The molecule has 1 atom stereocenters. The summed E-state index contributed by atoms with van der Waals surface area (Å²) in [5.74, 6) is 0.803. The number of nitrogens with one attached hydrogen (secondary N) is 1. The molecule has 0 aliphatic rings. The Labute approximate surface area is 198 Å². The van der Waals surface area contributed by atoms with Crippen LogP contribution in [-0.2, 0) is 22.7 Å². The SMILES string of the molecule is CSCCC(NC(=O)c1ccc(COCc2ccc(C)o2)cc1-c1ccccc1C)C(=O)O. The first kappa shape index (κ1) is 24.6. The summed E-state index contributed by atoms with van der Waals surface area (Å²) in [4.78, 5) is 24.7. The topological polar surface area (TPSA) is 88.8 Å². The van der Waals surface area contributed by atoms with Crippen molar-refractivity contribution in [1.82, 2.24) is 5.32 Å². The molecule has 1 amide bonds. The molecule has 0 fully saturated rings. The van der Waals surface area contributed by atoms with E-state index in [1.54, 1.807) is 17.8 Å². The van der Waals surface area contributed by atoms with Gasteiger partial charge in [-0.15, -0.1) is 0 Å². The van der Waals surface area contributed by atoms with Crippen molar-refractivity contribution in [2.75, 3.05) is 12.0 Å². The molecule has 7 heteroatoms. The van der Waals surface area contributed by atoms with E-state index in [1.807, 2.05) is 68.6 Å². The van der Waals surface area contributed by atoms with Gasteiger partial charge in [0.25, 0.3) is 5.91 Å². The van der Waals surface area contributed by atoms with Gasteiger partial charge in [0, 0.05) is 5.56 Å². The molecular formula is C26H29NO5S. The van der Waals surface area contributed by atoms with Crippen LogP contribution < -0.4 is 5.32 Å². The third-order valence-electron chi connectivity index (χ3n) is 5.29. The summed E-state index contributed by atoms with van der Waals surface area (Å²) in [6, 6.07) is 16.2. The van der Waals surface area contributed by atoms with E-state index in [0.717, 1.165) is 33.8 Å². The molecule has 0 bridgehead atoms. The van der Waals surface area contributed by atoms with Crippen molar-refractivity contribution in [3.05, 3.63) is 82.8 Å². The number of amides is 1. The normalized spacial score (nSPS) is 11.8. The number of hydrogen-bond donors (Lipinski definition) is 2. The molecule has 174 valence electrons. The van der Waals surface area contributed by atoms with Crippen LogP contribution in [0.1, 0.15) is 39.4 Å². The molecule has 0 saturated heterocycles. The second-order valence-corrected chi connectivity index (χ2v) is 8.83. The van der Waals surface area contributed by atoms with E-state index in [2.05, 4.69) is 5.32 Å². The highest BCUT2D eigenvalue weighted by atomic mass is 32.2. The molecule has 33 heavy (non-hydrogen) atoms. The van der Waals surface area contributed by atoms with E-state index in [4.69, 9.17) is 9.15 Å². The highest BCUT2D eigenvalue weighted by Crippen LogP contribution is 2.29. The zero-order valence-corrected chi connectivity index (χ0v) is 19.9. The summed E-state index contributed by atoms with van der Waals surface area (Å²) in [5, 5.41) is 12.2. The average molecular weight is 468 g/mol. The van der Waals surface area contributed by atoms with Crippen LogP contribution in [0.5, 0.6) is 0 Å². The highest BCUT2D eigenvalue weighted by molar-refractivity contribution is 7.98. The van der Waals surface area contributed by atoms with Gasteiger partial charge in [-0.05, 0) is 78.8 Å². The highest BCUT2D eigenvalue weighted by Gasteiger charge is 2.22. The maximum atomic E-state index is 13.1. The molecule has 3 rings (SSSR count). The smallest absolute Gasteiger partial charge is 0.326 e. The Morgan fingerprint density at radius 2 is 1.85 bits per heavy atom. The number of rotatable bonds is 11. The van der Waals surface area contributed by atoms with Gasteiger partial charge >= 0.3 is 5.97 Å². The van der Waals surface area contributed by atoms with Crippen LogP contribution in [0, 0.1) is 13.8 Å². The van der Waals surface area contributed by atoms with E-state index >= 15 is 0 Å². The van der Waals surface area contributed by atoms with Crippen LogP contribution in [-0.4, -0.2) is 35.0 Å². The second kappa shape index (κ2) is 11.7. The fraction of sp³-hybridized carbons (Fsp3) is 0.308. The van der Waals surface area contributed by atoms with Gasteiger partial charge in [-0.25, -0.2) is 4.79 Å². The number of aliphatic carboxylic acids is 1. The van der Waals surface area contributed by atoms with Crippen LogP contribution in [0.25, 0.3) is 11.1 Å². The Bertz CT molecular complexity index is 1110. The van der Waals surface area contributed by atoms with Crippen molar-refractivity contribution in [3.63, 3.8) is 0 Å². The predicted molar refractivity (Wildman–Crippen MR) is 130 cm³/mol. The number of aryl methyl sites for hydroxylation is 2. The zero-order valence-electron chi connectivity index (χ0n) is 19.1.